The monoisotopic (exact) mass is 529 g/mol. The molecule has 210 valence electrons. The number of aliphatic carboxylic acids is 1. The minimum atomic E-state index is -1.33. The van der Waals surface area contributed by atoms with Crippen LogP contribution >= 0.6 is 0 Å². The van der Waals surface area contributed by atoms with Crippen molar-refractivity contribution in [2.45, 2.75) is 69.6 Å². The van der Waals surface area contributed by atoms with E-state index in [-0.39, 0.29) is 57.1 Å². The maximum absolute atomic E-state index is 13.0. The quantitative estimate of drug-likeness (QED) is 0.0456. The van der Waals surface area contributed by atoms with Crippen LogP contribution in [0.2, 0.25) is 0 Å². The number of carboxylic acid groups (broad SMARTS) is 1. The number of nitrogens with zero attached hydrogens (tertiary/aromatic N) is 2. The molecule has 37 heavy (non-hydrogen) atoms. The van der Waals surface area contributed by atoms with E-state index < -0.39 is 53.8 Å². The fraction of sp³-hybridized carbons (Fsp3) is 0.650. The van der Waals surface area contributed by atoms with Gasteiger partial charge in [0.1, 0.15) is 18.1 Å². The standard InChI is InChI=1S/C20H39N11O6/c1-10(21)15(33)29-11(4-2-8-27-19(23)24)16(34)30-12(6-7-14(22)32)17(35)31-13(18(36)37)5-3-9-28-20(25)26/h10-13H,2-9,21H2,1H3,(H2,22,32)(H,29,33)(H,30,34)(H,31,35)(H,36,37)(H4,23,24,27)(H4,25,26,28). The lowest BCUT2D eigenvalue weighted by atomic mass is 10.1. The smallest absolute Gasteiger partial charge is 0.326 e. The van der Waals surface area contributed by atoms with Crippen molar-refractivity contribution >= 4 is 41.5 Å². The third-order valence-electron chi connectivity index (χ3n) is 4.86. The van der Waals surface area contributed by atoms with Crippen LogP contribution in [0.5, 0.6) is 0 Å². The molecule has 0 saturated carbocycles. The van der Waals surface area contributed by atoms with Crippen LogP contribution < -0.4 is 50.4 Å². The number of carbonyl (C=O) groups excluding carboxylic acids is 4. The average molecular weight is 530 g/mol. The number of aliphatic imine (C=N–C) groups is 2. The molecule has 0 aromatic heterocycles. The second-order valence-electron chi connectivity index (χ2n) is 8.21. The lowest BCUT2D eigenvalue weighted by Crippen LogP contribution is -2.57. The molecule has 17 nitrogen and oxygen atoms in total. The van der Waals surface area contributed by atoms with E-state index in [0.29, 0.717) is 6.42 Å². The molecule has 0 aliphatic heterocycles. The van der Waals surface area contributed by atoms with Gasteiger partial charge in [0, 0.05) is 19.5 Å². The van der Waals surface area contributed by atoms with E-state index in [1.807, 2.05) is 0 Å². The molecule has 0 fully saturated rings. The van der Waals surface area contributed by atoms with Gasteiger partial charge in [0.05, 0.1) is 6.04 Å². The zero-order chi connectivity index (χ0) is 28.5. The Morgan fingerprint density at radius 2 is 1.11 bits per heavy atom. The number of primary amides is 1. The Hall–Kier alpha value is -4.15. The molecule has 16 N–H and O–H groups in total. The first-order chi connectivity index (χ1) is 17.2. The second kappa shape index (κ2) is 17.3. The van der Waals surface area contributed by atoms with E-state index in [4.69, 9.17) is 34.4 Å². The molecule has 17 heteroatoms. The summed E-state index contributed by atoms with van der Waals surface area (Å²) in [5, 5.41) is 16.7. The second-order valence-corrected chi connectivity index (χ2v) is 8.21. The lowest BCUT2D eigenvalue weighted by Gasteiger charge is -2.24. The van der Waals surface area contributed by atoms with Crippen molar-refractivity contribution in [2.24, 2.45) is 44.4 Å². The number of nitrogens with two attached hydrogens (primary N) is 6. The Morgan fingerprint density at radius 1 is 0.703 bits per heavy atom. The number of hydrogen-bond donors (Lipinski definition) is 10. The van der Waals surface area contributed by atoms with Crippen LogP contribution in [-0.2, 0) is 24.0 Å². The van der Waals surface area contributed by atoms with Crippen LogP contribution in [0, 0.1) is 0 Å². The molecule has 0 rings (SSSR count). The summed E-state index contributed by atoms with van der Waals surface area (Å²) < 4.78 is 0. The first kappa shape index (κ1) is 32.9. The summed E-state index contributed by atoms with van der Waals surface area (Å²) in [5.41, 5.74) is 31.8. The minimum absolute atomic E-state index is 0.00774. The Morgan fingerprint density at radius 3 is 1.51 bits per heavy atom. The summed E-state index contributed by atoms with van der Waals surface area (Å²) in [4.78, 5) is 68.4. The molecule has 0 radical (unpaired) electrons. The van der Waals surface area contributed by atoms with Gasteiger partial charge >= 0.3 is 5.97 Å². The Labute approximate surface area is 214 Å². The Balaban J connectivity index is 5.53. The van der Waals surface area contributed by atoms with Gasteiger partial charge in [-0.05, 0) is 39.0 Å². The highest BCUT2D eigenvalue weighted by atomic mass is 16.4. The molecule has 0 heterocycles. The van der Waals surface area contributed by atoms with Gasteiger partial charge in [-0.1, -0.05) is 0 Å². The summed E-state index contributed by atoms with van der Waals surface area (Å²) in [6.45, 7) is 1.74. The fourth-order valence-electron chi connectivity index (χ4n) is 2.94. The molecule has 0 aromatic carbocycles. The number of hydrogen-bond acceptors (Lipinski definition) is 8. The Kier molecular flexibility index (Phi) is 15.4. The zero-order valence-electron chi connectivity index (χ0n) is 20.8. The number of nitrogens with one attached hydrogen (secondary N) is 3. The fourth-order valence-corrected chi connectivity index (χ4v) is 2.94. The van der Waals surface area contributed by atoms with Crippen LogP contribution in [0.25, 0.3) is 0 Å². The minimum Gasteiger partial charge on any atom is -0.480 e. The van der Waals surface area contributed by atoms with Gasteiger partial charge < -0.3 is 55.5 Å². The molecule has 4 unspecified atom stereocenters. The predicted molar refractivity (Wildman–Crippen MR) is 135 cm³/mol. The van der Waals surface area contributed by atoms with Crippen LogP contribution in [0.15, 0.2) is 9.98 Å². The predicted octanol–water partition coefficient (Wildman–Crippen LogP) is -4.75. The summed E-state index contributed by atoms with van der Waals surface area (Å²) in [6, 6.07) is -4.68. The van der Waals surface area contributed by atoms with Gasteiger partial charge in [-0.15, -0.1) is 0 Å². The van der Waals surface area contributed by atoms with Gasteiger partial charge in [-0.2, -0.15) is 0 Å². The van der Waals surface area contributed by atoms with Crippen molar-refractivity contribution in [2.75, 3.05) is 13.1 Å². The Bertz CT molecular complexity index is 854. The van der Waals surface area contributed by atoms with E-state index in [1.54, 1.807) is 0 Å². The van der Waals surface area contributed by atoms with E-state index in [0.717, 1.165) is 0 Å². The van der Waals surface area contributed by atoms with Crippen LogP contribution in [0.3, 0.4) is 0 Å². The summed E-state index contributed by atoms with van der Waals surface area (Å²) in [7, 11) is 0. The molecule has 0 spiro atoms. The molecule has 4 amide bonds. The van der Waals surface area contributed by atoms with Gasteiger partial charge in [0.15, 0.2) is 11.9 Å². The van der Waals surface area contributed by atoms with Crippen molar-refractivity contribution in [1.82, 2.24) is 16.0 Å². The molecule has 0 aromatic rings. The largest absolute Gasteiger partial charge is 0.480 e. The van der Waals surface area contributed by atoms with Gasteiger partial charge in [0.25, 0.3) is 0 Å². The highest BCUT2D eigenvalue weighted by Gasteiger charge is 2.30. The zero-order valence-corrected chi connectivity index (χ0v) is 20.8. The lowest BCUT2D eigenvalue weighted by molar-refractivity contribution is -0.142. The van der Waals surface area contributed by atoms with E-state index in [2.05, 4.69) is 25.9 Å². The van der Waals surface area contributed by atoms with Gasteiger partial charge in [-0.3, -0.25) is 29.2 Å². The molecule has 0 aliphatic carbocycles. The number of rotatable bonds is 18. The molecular weight excluding hydrogens is 490 g/mol. The highest BCUT2D eigenvalue weighted by Crippen LogP contribution is 2.06. The molecule has 0 bridgehead atoms. The van der Waals surface area contributed by atoms with Crippen molar-refractivity contribution in [3.63, 3.8) is 0 Å². The third-order valence-corrected chi connectivity index (χ3v) is 4.86. The molecular formula is C20H39N11O6. The van der Waals surface area contributed by atoms with Crippen molar-refractivity contribution in [3.05, 3.63) is 0 Å². The first-order valence-corrected chi connectivity index (χ1v) is 11.5. The van der Waals surface area contributed by atoms with Crippen molar-refractivity contribution in [1.29, 1.82) is 0 Å². The van der Waals surface area contributed by atoms with Crippen molar-refractivity contribution in [3.8, 4) is 0 Å². The van der Waals surface area contributed by atoms with E-state index in [1.165, 1.54) is 6.92 Å². The van der Waals surface area contributed by atoms with Gasteiger partial charge in [-0.25, -0.2) is 4.79 Å². The first-order valence-electron chi connectivity index (χ1n) is 11.5. The van der Waals surface area contributed by atoms with Crippen LogP contribution in [0.4, 0.5) is 0 Å². The van der Waals surface area contributed by atoms with E-state index in [9.17, 15) is 29.1 Å². The molecule has 0 aliphatic rings. The summed E-state index contributed by atoms with van der Waals surface area (Å²) in [5.74, 6) is -4.60. The number of carbonyl (C=O) groups is 5. The maximum Gasteiger partial charge on any atom is 0.326 e. The number of amides is 4. The average Bonchev–Trinajstić information content (AvgIpc) is 2.79. The SMILES string of the molecule is CC(N)C(=O)NC(CCCN=C(N)N)C(=O)NC(CCC(N)=O)C(=O)NC(CCCN=C(N)N)C(=O)O. The van der Waals surface area contributed by atoms with Crippen LogP contribution in [-0.4, -0.2) is 83.9 Å². The summed E-state index contributed by atoms with van der Waals surface area (Å²) in [6.07, 6.45) is 0.135. The topological polar surface area (TPSA) is 323 Å². The third kappa shape index (κ3) is 15.5. The number of guanidine groups is 2. The normalized spacial score (nSPS) is 13.7. The van der Waals surface area contributed by atoms with Crippen LogP contribution in [0.1, 0.15) is 45.4 Å². The summed E-state index contributed by atoms with van der Waals surface area (Å²) >= 11 is 0. The molecule has 4 atom stereocenters. The van der Waals surface area contributed by atoms with Crippen molar-refractivity contribution < 1.29 is 29.1 Å². The highest BCUT2D eigenvalue weighted by molar-refractivity contribution is 5.94. The maximum atomic E-state index is 13.0. The van der Waals surface area contributed by atoms with E-state index >= 15 is 0 Å². The molecule has 0 saturated heterocycles. The van der Waals surface area contributed by atoms with Gasteiger partial charge in [0.2, 0.25) is 23.6 Å². The number of carboxylic acids is 1.